The monoisotopic (exact) mass is 244 g/mol. The number of aliphatic hydroxyl groups is 1. The maximum atomic E-state index is 9.62. The highest BCUT2D eigenvalue weighted by atomic mass is 16.5. The van der Waals surface area contributed by atoms with Crippen molar-refractivity contribution in [2.45, 2.75) is 58.9 Å². The molecule has 3 N–H and O–H groups in total. The van der Waals surface area contributed by atoms with Crippen LogP contribution in [0.1, 0.15) is 34.6 Å². The van der Waals surface area contributed by atoms with Crippen LogP contribution in [0, 0.1) is 5.41 Å². The summed E-state index contributed by atoms with van der Waals surface area (Å²) in [5.74, 6) is 0. The summed E-state index contributed by atoms with van der Waals surface area (Å²) in [4.78, 5) is 2.27. The van der Waals surface area contributed by atoms with Gasteiger partial charge in [0.25, 0.3) is 0 Å². The Labute approximate surface area is 105 Å². The van der Waals surface area contributed by atoms with Gasteiger partial charge in [-0.05, 0) is 19.3 Å². The minimum Gasteiger partial charge on any atom is -0.395 e. The van der Waals surface area contributed by atoms with Crippen molar-refractivity contribution in [1.82, 2.24) is 4.90 Å². The van der Waals surface area contributed by atoms with Crippen LogP contribution in [0.15, 0.2) is 0 Å². The fourth-order valence-electron chi connectivity index (χ4n) is 2.52. The Morgan fingerprint density at radius 3 is 2.12 bits per heavy atom. The van der Waals surface area contributed by atoms with Gasteiger partial charge in [0.15, 0.2) is 0 Å². The molecule has 1 aliphatic heterocycles. The van der Waals surface area contributed by atoms with E-state index in [1.165, 1.54) is 0 Å². The molecule has 0 spiro atoms. The zero-order chi connectivity index (χ0) is 13.2. The third-order valence-electron chi connectivity index (χ3n) is 3.52. The molecule has 1 aliphatic rings. The van der Waals surface area contributed by atoms with Crippen LogP contribution in [-0.4, -0.2) is 54.0 Å². The highest BCUT2D eigenvalue weighted by Gasteiger charge is 2.35. The molecule has 0 bridgehead atoms. The molecule has 4 nitrogen and oxygen atoms in total. The highest BCUT2D eigenvalue weighted by molar-refractivity contribution is 4.92. The average molecular weight is 244 g/mol. The van der Waals surface area contributed by atoms with Crippen LogP contribution in [0.25, 0.3) is 0 Å². The number of hydrogen-bond acceptors (Lipinski definition) is 4. The molecule has 1 heterocycles. The number of morpholine rings is 1. The fourth-order valence-corrected chi connectivity index (χ4v) is 2.52. The van der Waals surface area contributed by atoms with Gasteiger partial charge < -0.3 is 15.6 Å². The zero-order valence-electron chi connectivity index (χ0n) is 11.8. The number of hydrogen-bond donors (Lipinski definition) is 2. The molecule has 1 rings (SSSR count). The van der Waals surface area contributed by atoms with Crippen molar-refractivity contribution in [3.05, 3.63) is 0 Å². The topological polar surface area (TPSA) is 58.7 Å². The Bertz CT molecular complexity index is 230. The molecule has 0 aromatic rings. The molecule has 0 aliphatic carbocycles. The summed E-state index contributed by atoms with van der Waals surface area (Å²) in [6.45, 7) is 12.3. The standard InChI is InChI=1S/C13H28N2O2/c1-9-6-15(7-10(2)17-9)11(8-16)12(14)13(3,4)5/h9-12,16H,6-8,14H2,1-5H3. The molecular formula is C13H28N2O2. The Hall–Kier alpha value is -0.160. The molecule has 0 aromatic carbocycles. The molecular weight excluding hydrogens is 216 g/mol. The van der Waals surface area contributed by atoms with Crippen LogP contribution in [-0.2, 0) is 4.74 Å². The van der Waals surface area contributed by atoms with Crippen molar-refractivity contribution < 1.29 is 9.84 Å². The SMILES string of the molecule is CC1CN(C(CO)C(N)C(C)(C)C)CC(C)O1. The summed E-state index contributed by atoms with van der Waals surface area (Å²) in [5.41, 5.74) is 6.28. The van der Waals surface area contributed by atoms with Gasteiger partial charge in [-0.2, -0.15) is 0 Å². The lowest BCUT2D eigenvalue weighted by atomic mass is 9.82. The summed E-state index contributed by atoms with van der Waals surface area (Å²) in [7, 11) is 0. The van der Waals surface area contributed by atoms with Gasteiger partial charge in [-0.3, -0.25) is 4.90 Å². The van der Waals surface area contributed by atoms with E-state index in [0.717, 1.165) is 13.1 Å². The minimum atomic E-state index is -0.0370. The van der Waals surface area contributed by atoms with Crippen LogP contribution in [0.2, 0.25) is 0 Å². The van der Waals surface area contributed by atoms with E-state index in [0.29, 0.717) is 0 Å². The smallest absolute Gasteiger partial charge is 0.0678 e. The van der Waals surface area contributed by atoms with E-state index in [9.17, 15) is 5.11 Å². The number of rotatable bonds is 3. The molecule has 0 radical (unpaired) electrons. The molecule has 0 amide bonds. The first-order valence-electron chi connectivity index (χ1n) is 6.51. The van der Waals surface area contributed by atoms with Crippen molar-refractivity contribution in [3.63, 3.8) is 0 Å². The van der Waals surface area contributed by atoms with E-state index >= 15 is 0 Å². The maximum Gasteiger partial charge on any atom is 0.0678 e. The molecule has 1 saturated heterocycles. The Morgan fingerprint density at radius 2 is 1.76 bits per heavy atom. The van der Waals surface area contributed by atoms with Gasteiger partial charge in [-0.25, -0.2) is 0 Å². The van der Waals surface area contributed by atoms with Crippen LogP contribution in [0.5, 0.6) is 0 Å². The molecule has 4 atom stereocenters. The van der Waals surface area contributed by atoms with Crippen LogP contribution in [0.3, 0.4) is 0 Å². The van der Waals surface area contributed by atoms with Gasteiger partial charge in [0.1, 0.15) is 0 Å². The lowest BCUT2D eigenvalue weighted by Crippen LogP contribution is -2.60. The van der Waals surface area contributed by atoms with E-state index < -0.39 is 0 Å². The number of ether oxygens (including phenoxy) is 1. The van der Waals surface area contributed by atoms with Gasteiger partial charge in [-0.15, -0.1) is 0 Å². The second-order valence-electron chi connectivity index (χ2n) is 6.35. The second kappa shape index (κ2) is 5.65. The Kier molecular flexibility index (Phi) is 4.95. The Balaban J connectivity index is 2.73. The van der Waals surface area contributed by atoms with Crippen molar-refractivity contribution in [2.75, 3.05) is 19.7 Å². The second-order valence-corrected chi connectivity index (χ2v) is 6.35. The van der Waals surface area contributed by atoms with Crippen molar-refractivity contribution in [2.24, 2.45) is 11.1 Å². The quantitative estimate of drug-likeness (QED) is 0.772. The van der Waals surface area contributed by atoms with Crippen molar-refractivity contribution in [1.29, 1.82) is 0 Å². The lowest BCUT2D eigenvalue weighted by molar-refractivity contribution is -0.0930. The third-order valence-corrected chi connectivity index (χ3v) is 3.52. The zero-order valence-corrected chi connectivity index (χ0v) is 11.8. The fraction of sp³-hybridized carbons (Fsp3) is 1.00. The highest BCUT2D eigenvalue weighted by Crippen LogP contribution is 2.24. The van der Waals surface area contributed by atoms with Gasteiger partial charge in [-0.1, -0.05) is 20.8 Å². The van der Waals surface area contributed by atoms with E-state index in [-0.39, 0.29) is 36.3 Å². The van der Waals surface area contributed by atoms with Gasteiger partial charge in [0, 0.05) is 25.2 Å². The van der Waals surface area contributed by atoms with E-state index in [1.54, 1.807) is 0 Å². The molecule has 17 heavy (non-hydrogen) atoms. The summed E-state index contributed by atoms with van der Waals surface area (Å²) >= 11 is 0. The largest absolute Gasteiger partial charge is 0.395 e. The van der Waals surface area contributed by atoms with Gasteiger partial charge in [0.05, 0.1) is 18.8 Å². The average Bonchev–Trinajstić information content (AvgIpc) is 2.15. The molecule has 4 unspecified atom stereocenters. The summed E-state index contributed by atoms with van der Waals surface area (Å²) in [6.07, 6.45) is 0.417. The molecule has 0 saturated carbocycles. The lowest BCUT2D eigenvalue weighted by Gasteiger charge is -2.44. The Morgan fingerprint density at radius 1 is 1.29 bits per heavy atom. The third kappa shape index (κ3) is 3.91. The number of nitrogens with two attached hydrogens (primary N) is 1. The van der Waals surface area contributed by atoms with Crippen LogP contribution >= 0.6 is 0 Å². The number of nitrogens with zero attached hydrogens (tertiary/aromatic N) is 1. The molecule has 102 valence electrons. The predicted octanol–water partition coefficient (Wildman–Crippen LogP) is 0.830. The molecule has 0 aromatic heterocycles. The van der Waals surface area contributed by atoms with Crippen LogP contribution < -0.4 is 5.73 Å². The first kappa shape index (κ1) is 14.9. The summed E-state index contributed by atoms with van der Waals surface area (Å²) in [6, 6.07) is -0.0196. The summed E-state index contributed by atoms with van der Waals surface area (Å²) < 4.78 is 5.71. The predicted molar refractivity (Wildman–Crippen MR) is 69.9 cm³/mol. The first-order chi connectivity index (χ1) is 7.75. The molecule has 1 fully saturated rings. The van der Waals surface area contributed by atoms with Gasteiger partial charge in [0.2, 0.25) is 0 Å². The minimum absolute atomic E-state index is 0.00181. The number of aliphatic hydroxyl groups excluding tert-OH is 1. The maximum absolute atomic E-state index is 9.62. The van der Waals surface area contributed by atoms with E-state index in [4.69, 9.17) is 10.5 Å². The van der Waals surface area contributed by atoms with Crippen molar-refractivity contribution in [3.8, 4) is 0 Å². The van der Waals surface area contributed by atoms with Gasteiger partial charge >= 0.3 is 0 Å². The van der Waals surface area contributed by atoms with E-state index in [2.05, 4.69) is 39.5 Å². The summed E-state index contributed by atoms with van der Waals surface area (Å²) in [5, 5.41) is 9.62. The van der Waals surface area contributed by atoms with Crippen molar-refractivity contribution >= 4 is 0 Å². The van der Waals surface area contributed by atoms with E-state index in [1.807, 2.05) is 0 Å². The normalized spacial score (nSPS) is 31.2. The van der Waals surface area contributed by atoms with Crippen LogP contribution in [0.4, 0.5) is 0 Å². The molecule has 4 heteroatoms. The first-order valence-corrected chi connectivity index (χ1v) is 6.51.